The molecule has 0 spiro atoms. The van der Waals surface area contributed by atoms with Gasteiger partial charge in [-0.25, -0.2) is 8.78 Å². The topological polar surface area (TPSA) is 0 Å². The van der Waals surface area contributed by atoms with Gasteiger partial charge in [-0.3, -0.25) is 0 Å². The summed E-state index contributed by atoms with van der Waals surface area (Å²) in [6, 6.07) is 8.56. The van der Waals surface area contributed by atoms with Gasteiger partial charge in [0.25, 0.3) is 0 Å². The van der Waals surface area contributed by atoms with Crippen LogP contribution in [0, 0.1) is 0 Å². The molecule has 102 valence electrons. The quantitative estimate of drug-likeness (QED) is 0.581. The van der Waals surface area contributed by atoms with Gasteiger partial charge in [0.1, 0.15) is 0 Å². The molecule has 0 nitrogen and oxygen atoms in total. The lowest BCUT2D eigenvalue weighted by Gasteiger charge is -2.07. The Hall–Kier alpha value is -2.48. The highest BCUT2D eigenvalue weighted by molar-refractivity contribution is 5.77. The van der Waals surface area contributed by atoms with Crippen LogP contribution in [-0.4, -0.2) is 0 Å². The molecule has 0 N–H and O–H groups in total. The average molecular weight is 270 g/mol. The molecule has 0 aliphatic carbocycles. The van der Waals surface area contributed by atoms with Crippen molar-refractivity contribution in [2.24, 2.45) is 0 Å². The first-order chi connectivity index (χ1) is 9.49. The summed E-state index contributed by atoms with van der Waals surface area (Å²) < 4.78 is 28.1. The fourth-order valence-electron chi connectivity index (χ4n) is 1.46. The molecule has 0 aliphatic heterocycles. The summed E-state index contributed by atoms with van der Waals surface area (Å²) in [5.41, 5.74) is 0.654. The van der Waals surface area contributed by atoms with Crippen LogP contribution < -0.4 is 0 Å². The third-order valence-corrected chi connectivity index (χ3v) is 2.67. The second-order valence-electron chi connectivity index (χ2n) is 4.07. The van der Waals surface area contributed by atoms with Crippen molar-refractivity contribution in [3.8, 4) is 0 Å². The van der Waals surface area contributed by atoms with E-state index in [1.165, 1.54) is 12.2 Å². The van der Waals surface area contributed by atoms with E-state index in [-0.39, 0.29) is 16.7 Å². The third-order valence-electron chi connectivity index (χ3n) is 2.67. The van der Waals surface area contributed by atoms with Crippen LogP contribution in [0.1, 0.15) is 5.56 Å². The highest BCUT2D eigenvalue weighted by Crippen LogP contribution is 2.30. The van der Waals surface area contributed by atoms with Crippen molar-refractivity contribution in [2.75, 3.05) is 0 Å². The number of rotatable bonds is 6. The summed E-state index contributed by atoms with van der Waals surface area (Å²) in [4.78, 5) is 0. The van der Waals surface area contributed by atoms with Gasteiger partial charge in [0.15, 0.2) is 11.7 Å². The summed E-state index contributed by atoms with van der Waals surface area (Å²) in [5.74, 6) is -2.09. The zero-order chi connectivity index (χ0) is 15.1. The molecule has 2 heteroatoms. The van der Waals surface area contributed by atoms with E-state index in [0.717, 1.165) is 0 Å². The summed E-state index contributed by atoms with van der Waals surface area (Å²) >= 11 is 0. The lowest BCUT2D eigenvalue weighted by atomic mass is 10.0. The van der Waals surface area contributed by atoms with E-state index in [2.05, 4.69) is 26.3 Å². The van der Waals surface area contributed by atoms with Gasteiger partial charge in [-0.1, -0.05) is 74.9 Å². The van der Waals surface area contributed by atoms with Crippen molar-refractivity contribution in [3.05, 3.63) is 103 Å². The first kappa shape index (κ1) is 15.6. The number of hydrogen-bond donors (Lipinski definition) is 0. The van der Waals surface area contributed by atoms with Crippen molar-refractivity contribution in [1.29, 1.82) is 0 Å². The van der Waals surface area contributed by atoms with Crippen LogP contribution in [-0.2, 0) is 0 Å². The summed E-state index contributed by atoms with van der Waals surface area (Å²) in [5, 5.41) is 0. The molecule has 0 bridgehead atoms. The zero-order valence-corrected chi connectivity index (χ0v) is 11.2. The number of halogens is 2. The Bertz CT molecular complexity index is 602. The van der Waals surface area contributed by atoms with Crippen LogP contribution >= 0.6 is 0 Å². The Labute approximate surface area is 118 Å². The molecule has 0 fully saturated rings. The molecule has 1 aromatic carbocycles. The standard InChI is InChI=1S/C18H16F2/c1-5-6-10-13(2)14(3)17(19)18(20)15(4)16-11-8-7-9-12-16/h5-12H,1-4H2/b10-6-,18-17-. The minimum Gasteiger partial charge on any atom is -0.203 e. The highest BCUT2D eigenvalue weighted by Gasteiger charge is 2.15. The molecule has 0 atom stereocenters. The smallest absolute Gasteiger partial charge is 0.166 e. The number of hydrogen-bond acceptors (Lipinski definition) is 0. The van der Waals surface area contributed by atoms with Crippen molar-refractivity contribution in [1.82, 2.24) is 0 Å². The highest BCUT2D eigenvalue weighted by atomic mass is 19.2. The van der Waals surface area contributed by atoms with Crippen molar-refractivity contribution >= 4 is 5.57 Å². The molecule has 1 aromatic rings. The second-order valence-corrected chi connectivity index (χ2v) is 4.07. The van der Waals surface area contributed by atoms with E-state index in [9.17, 15) is 8.78 Å². The fraction of sp³-hybridized carbons (Fsp3) is 0. The lowest BCUT2D eigenvalue weighted by Crippen LogP contribution is -1.91. The third kappa shape index (κ3) is 3.75. The Morgan fingerprint density at radius 1 is 0.950 bits per heavy atom. The Balaban J connectivity index is 3.03. The maximum absolute atomic E-state index is 14.1. The van der Waals surface area contributed by atoms with Gasteiger partial charge in [0.05, 0.1) is 0 Å². The summed E-state index contributed by atoms with van der Waals surface area (Å²) in [6.45, 7) is 14.2. The monoisotopic (exact) mass is 270 g/mol. The van der Waals surface area contributed by atoms with Gasteiger partial charge in [0.2, 0.25) is 0 Å². The Kier molecular flexibility index (Phi) is 5.60. The minimum absolute atomic E-state index is 0.0234. The van der Waals surface area contributed by atoms with Crippen LogP contribution in [0.4, 0.5) is 8.78 Å². The van der Waals surface area contributed by atoms with Gasteiger partial charge in [-0.15, -0.1) is 0 Å². The van der Waals surface area contributed by atoms with Gasteiger partial charge in [-0.05, 0) is 11.1 Å². The van der Waals surface area contributed by atoms with E-state index in [0.29, 0.717) is 5.56 Å². The molecular formula is C18H16F2. The molecule has 1 rings (SSSR count). The predicted octanol–water partition coefficient (Wildman–Crippen LogP) is 5.71. The van der Waals surface area contributed by atoms with Crippen LogP contribution in [0.25, 0.3) is 5.57 Å². The summed E-state index contributed by atoms with van der Waals surface area (Å²) in [6.07, 6.45) is 4.59. The molecular weight excluding hydrogens is 254 g/mol. The first-order valence-electron chi connectivity index (χ1n) is 5.96. The maximum Gasteiger partial charge on any atom is 0.166 e. The molecule has 20 heavy (non-hydrogen) atoms. The Morgan fingerprint density at radius 3 is 2.10 bits per heavy atom. The van der Waals surface area contributed by atoms with Crippen molar-refractivity contribution < 1.29 is 8.78 Å². The molecule has 0 amide bonds. The van der Waals surface area contributed by atoms with E-state index in [1.807, 2.05) is 0 Å². The Morgan fingerprint density at radius 2 is 1.55 bits per heavy atom. The van der Waals surface area contributed by atoms with Crippen molar-refractivity contribution in [2.45, 2.75) is 0 Å². The lowest BCUT2D eigenvalue weighted by molar-refractivity contribution is 0.571. The van der Waals surface area contributed by atoms with E-state index >= 15 is 0 Å². The van der Waals surface area contributed by atoms with Gasteiger partial charge >= 0.3 is 0 Å². The van der Waals surface area contributed by atoms with Crippen molar-refractivity contribution in [3.63, 3.8) is 0 Å². The first-order valence-corrected chi connectivity index (χ1v) is 5.96. The van der Waals surface area contributed by atoms with Gasteiger partial charge in [0, 0.05) is 11.1 Å². The largest absolute Gasteiger partial charge is 0.203 e. The van der Waals surface area contributed by atoms with Crippen LogP contribution in [0.3, 0.4) is 0 Å². The normalized spacial score (nSPS) is 11.9. The maximum atomic E-state index is 14.1. The van der Waals surface area contributed by atoms with Crippen LogP contribution in [0.2, 0.25) is 0 Å². The van der Waals surface area contributed by atoms with Gasteiger partial charge in [-0.2, -0.15) is 0 Å². The van der Waals surface area contributed by atoms with E-state index < -0.39 is 11.7 Å². The molecule has 0 radical (unpaired) electrons. The summed E-state index contributed by atoms with van der Waals surface area (Å²) in [7, 11) is 0. The van der Waals surface area contributed by atoms with Crippen LogP contribution in [0.15, 0.2) is 97.7 Å². The molecule has 0 aliphatic rings. The molecule has 0 heterocycles. The van der Waals surface area contributed by atoms with E-state index in [4.69, 9.17) is 0 Å². The molecule has 0 saturated carbocycles. The fourth-order valence-corrected chi connectivity index (χ4v) is 1.46. The van der Waals surface area contributed by atoms with Crippen LogP contribution in [0.5, 0.6) is 0 Å². The zero-order valence-electron chi connectivity index (χ0n) is 11.2. The molecule has 0 saturated heterocycles. The average Bonchev–Trinajstić information content (AvgIpc) is 2.50. The van der Waals surface area contributed by atoms with E-state index in [1.54, 1.807) is 36.4 Å². The predicted molar refractivity (Wildman–Crippen MR) is 82.3 cm³/mol. The molecule has 0 unspecified atom stereocenters. The number of allylic oxidation sites excluding steroid dienone is 8. The van der Waals surface area contributed by atoms with Gasteiger partial charge < -0.3 is 0 Å². The minimum atomic E-state index is -1.06. The SMILES string of the molecule is C=C/C=C\C(=C)C(=C)/C(F)=C(/F)C(=C)c1ccccc1. The second kappa shape index (κ2) is 7.19. The molecule has 0 aromatic heterocycles. The number of benzene rings is 1.